The molecule has 0 radical (unpaired) electrons. The van der Waals surface area contributed by atoms with Crippen LogP contribution in [0.25, 0.3) is 11.1 Å². The van der Waals surface area contributed by atoms with Crippen LogP contribution < -0.4 is 10.6 Å². The molecule has 1 unspecified atom stereocenters. The van der Waals surface area contributed by atoms with Crippen LogP contribution in [0.5, 0.6) is 0 Å². The number of benzene rings is 2. The summed E-state index contributed by atoms with van der Waals surface area (Å²) in [6, 6.07) is 15.9. The number of carboxylic acid groups (broad SMARTS) is 1. The van der Waals surface area contributed by atoms with Gasteiger partial charge in [0.25, 0.3) is 0 Å². The minimum atomic E-state index is -1.39. The standard InChI is InChI=1S/C24H19BrClN3O5/c25-13-9-19(26)22(27-11-13)29-23(32)20(10-21(30)31)28-24(33)34-12-18-16-7-3-1-5-14(16)15-6-2-4-8-17(15)18/h1-9,11,18,20H,10,12H2,(H,28,33)(H,30,31)(H,27,29,32). The molecule has 0 aliphatic heterocycles. The van der Waals surface area contributed by atoms with Crippen LogP contribution >= 0.6 is 27.5 Å². The number of fused-ring (bicyclic) bond motifs is 3. The third kappa shape index (κ3) is 5.21. The van der Waals surface area contributed by atoms with Crippen molar-refractivity contribution in [3.8, 4) is 11.1 Å². The summed E-state index contributed by atoms with van der Waals surface area (Å²) in [5, 5.41) is 14.1. The number of alkyl carbamates (subject to hydrolysis) is 1. The molecule has 1 aliphatic carbocycles. The third-order valence-electron chi connectivity index (χ3n) is 5.38. The third-order valence-corrected chi connectivity index (χ3v) is 6.10. The van der Waals surface area contributed by atoms with Crippen LogP contribution in [0, 0.1) is 0 Å². The Hall–Kier alpha value is -3.43. The van der Waals surface area contributed by atoms with E-state index in [0.29, 0.717) is 4.47 Å². The smallest absolute Gasteiger partial charge is 0.407 e. The molecule has 0 bridgehead atoms. The molecule has 1 atom stereocenters. The highest BCUT2D eigenvalue weighted by molar-refractivity contribution is 9.10. The topological polar surface area (TPSA) is 118 Å². The molecule has 0 saturated carbocycles. The molecule has 174 valence electrons. The van der Waals surface area contributed by atoms with E-state index in [0.717, 1.165) is 22.3 Å². The maximum absolute atomic E-state index is 12.7. The molecule has 1 aliphatic rings. The first kappa shape index (κ1) is 23.7. The van der Waals surface area contributed by atoms with Crippen molar-refractivity contribution in [1.82, 2.24) is 10.3 Å². The number of carbonyl (C=O) groups excluding carboxylic acids is 2. The number of halogens is 2. The van der Waals surface area contributed by atoms with Crippen LogP contribution in [0.1, 0.15) is 23.5 Å². The summed E-state index contributed by atoms with van der Waals surface area (Å²) in [5.74, 6) is -2.18. The number of carboxylic acids is 1. The second-order valence-electron chi connectivity index (χ2n) is 7.59. The summed E-state index contributed by atoms with van der Waals surface area (Å²) in [6.07, 6.45) is -0.130. The minimum absolute atomic E-state index is 0.0291. The van der Waals surface area contributed by atoms with Crippen LogP contribution in [-0.2, 0) is 14.3 Å². The number of nitrogens with one attached hydrogen (secondary N) is 2. The average Bonchev–Trinajstić information content (AvgIpc) is 3.12. The first-order valence-corrected chi connectivity index (χ1v) is 11.5. The highest BCUT2D eigenvalue weighted by Gasteiger charge is 2.30. The number of rotatable bonds is 7. The van der Waals surface area contributed by atoms with E-state index in [1.165, 1.54) is 12.3 Å². The number of hydrogen-bond acceptors (Lipinski definition) is 5. The van der Waals surface area contributed by atoms with Crippen LogP contribution in [0.3, 0.4) is 0 Å². The first-order chi connectivity index (χ1) is 16.3. The molecule has 4 rings (SSSR count). The molecular weight excluding hydrogens is 526 g/mol. The molecule has 10 heteroatoms. The van der Waals surface area contributed by atoms with E-state index < -0.39 is 30.4 Å². The van der Waals surface area contributed by atoms with Crippen LogP contribution in [0.15, 0.2) is 65.3 Å². The highest BCUT2D eigenvalue weighted by atomic mass is 79.9. The van der Waals surface area contributed by atoms with E-state index in [1.807, 2.05) is 48.5 Å². The summed E-state index contributed by atoms with van der Waals surface area (Å²) in [4.78, 5) is 40.5. The van der Waals surface area contributed by atoms with Crippen molar-refractivity contribution in [3.63, 3.8) is 0 Å². The number of hydrogen-bond donors (Lipinski definition) is 3. The summed E-state index contributed by atoms with van der Waals surface area (Å²) in [6.45, 7) is 0.0291. The van der Waals surface area contributed by atoms with Gasteiger partial charge >= 0.3 is 12.1 Å². The van der Waals surface area contributed by atoms with Gasteiger partial charge in [0, 0.05) is 16.6 Å². The lowest BCUT2D eigenvalue weighted by Crippen LogP contribution is -2.45. The molecule has 0 spiro atoms. The van der Waals surface area contributed by atoms with E-state index in [4.69, 9.17) is 16.3 Å². The lowest BCUT2D eigenvalue weighted by molar-refractivity contribution is -0.139. The average molecular weight is 545 g/mol. The maximum Gasteiger partial charge on any atom is 0.407 e. The molecule has 8 nitrogen and oxygen atoms in total. The lowest BCUT2D eigenvalue weighted by Gasteiger charge is -2.18. The van der Waals surface area contributed by atoms with Gasteiger partial charge < -0.3 is 20.5 Å². The number of amides is 2. The quantitative estimate of drug-likeness (QED) is 0.393. The van der Waals surface area contributed by atoms with Crippen LogP contribution in [0.2, 0.25) is 5.02 Å². The van der Waals surface area contributed by atoms with Gasteiger partial charge in [0.2, 0.25) is 5.91 Å². The number of ether oxygens (including phenoxy) is 1. The van der Waals surface area contributed by atoms with Crippen molar-refractivity contribution in [1.29, 1.82) is 0 Å². The Morgan fingerprint density at radius 2 is 1.71 bits per heavy atom. The predicted octanol–water partition coefficient (Wildman–Crippen LogP) is 4.82. The number of carbonyl (C=O) groups is 3. The van der Waals surface area contributed by atoms with Gasteiger partial charge in [0.15, 0.2) is 5.82 Å². The number of aliphatic carboxylic acids is 1. The zero-order chi connectivity index (χ0) is 24.2. The molecule has 0 fully saturated rings. The van der Waals surface area contributed by atoms with Crippen molar-refractivity contribution in [2.75, 3.05) is 11.9 Å². The number of anilines is 1. The lowest BCUT2D eigenvalue weighted by atomic mass is 9.98. The Labute approximate surface area is 208 Å². The van der Waals surface area contributed by atoms with Gasteiger partial charge in [-0.2, -0.15) is 0 Å². The number of aromatic nitrogens is 1. The van der Waals surface area contributed by atoms with E-state index in [-0.39, 0.29) is 23.4 Å². The number of nitrogens with zero attached hydrogens (tertiary/aromatic N) is 1. The summed E-state index contributed by atoms with van der Waals surface area (Å²) in [7, 11) is 0. The summed E-state index contributed by atoms with van der Waals surface area (Å²) < 4.78 is 6.03. The molecule has 1 aromatic heterocycles. The normalized spacial score (nSPS) is 12.9. The van der Waals surface area contributed by atoms with Gasteiger partial charge in [-0.25, -0.2) is 9.78 Å². The minimum Gasteiger partial charge on any atom is -0.481 e. The van der Waals surface area contributed by atoms with Crippen LogP contribution in [0.4, 0.5) is 10.6 Å². The molecule has 0 saturated heterocycles. The van der Waals surface area contributed by atoms with Crippen molar-refractivity contribution in [3.05, 3.63) is 81.4 Å². The van der Waals surface area contributed by atoms with Crippen molar-refractivity contribution in [2.24, 2.45) is 0 Å². The van der Waals surface area contributed by atoms with Crippen LogP contribution in [-0.4, -0.2) is 40.7 Å². The SMILES string of the molecule is O=C(O)CC(NC(=O)OCC1c2ccccc2-c2ccccc21)C(=O)Nc1ncc(Br)cc1Cl. The van der Waals surface area contributed by atoms with E-state index >= 15 is 0 Å². The van der Waals surface area contributed by atoms with Gasteiger partial charge in [-0.15, -0.1) is 0 Å². The van der Waals surface area contributed by atoms with E-state index in [9.17, 15) is 19.5 Å². The Bertz CT molecular complexity index is 1220. The first-order valence-electron chi connectivity index (χ1n) is 10.3. The van der Waals surface area contributed by atoms with Gasteiger partial charge in [0.05, 0.1) is 11.4 Å². The van der Waals surface area contributed by atoms with Gasteiger partial charge in [-0.1, -0.05) is 60.1 Å². The Morgan fingerprint density at radius 3 is 2.29 bits per heavy atom. The second-order valence-corrected chi connectivity index (χ2v) is 8.92. The van der Waals surface area contributed by atoms with Gasteiger partial charge in [0.1, 0.15) is 12.6 Å². The van der Waals surface area contributed by atoms with Crippen molar-refractivity contribution < 1.29 is 24.2 Å². The van der Waals surface area contributed by atoms with Crippen molar-refractivity contribution in [2.45, 2.75) is 18.4 Å². The molecule has 34 heavy (non-hydrogen) atoms. The van der Waals surface area contributed by atoms with Gasteiger partial charge in [-0.05, 0) is 44.3 Å². The van der Waals surface area contributed by atoms with Crippen molar-refractivity contribution >= 4 is 51.3 Å². The monoisotopic (exact) mass is 543 g/mol. The number of pyridine rings is 1. The fraction of sp³-hybridized carbons (Fsp3) is 0.167. The Balaban J connectivity index is 1.43. The largest absolute Gasteiger partial charge is 0.481 e. The maximum atomic E-state index is 12.7. The van der Waals surface area contributed by atoms with Gasteiger partial charge in [-0.3, -0.25) is 9.59 Å². The molecule has 2 aromatic carbocycles. The zero-order valence-corrected chi connectivity index (χ0v) is 20.0. The highest BCUT2D eigenvalue weighted by Crippen LogP contribution is 2.44. The summed E-state index contributed by atoms with van der Waals surface area (Å²) >= 11 is 9.27. The fourth-order valence-corrected chi connectivity index (χ4v) is 4.55. The second kappa shape index (κ2) is 10.2. The van der Waals surface area contributed by atoms with E-state index in [1.54, 1.807) is 0 Å². The molecule has 1 heterocycles. The Morgan fingerprint density at radius 1 is 1.09 bits per heavy atom. The molecule has 3 aromatic rings. The summed E-state index contributed by atoms with van der Waals surface area (Å²) in [5.41, 5.74) is 4.22. The zero-order valence-electron chi connectivity index (χ0n) is 17.6. The molecular formula is C24H19BrClN3O5. The Kier molecular flexibility index (Phi) is 7.14. The predicted molar refractivity (Wildman–Crippen MR) is 130 cm³/mol. The molecule has 3 N–H and O–H groups in total. The fourth-order valence-electron chi connectivity index (χ4n) is 3.88. The molecule has 2 amide bonds. The van der Waals surface area contributed by atoms with E-state index in [2.05, 4.69) is 31.5 Å².